The van der Waals surface area contributed by atoms with Crippen LogP contribution in [-0.4, -0.2) is 58.2 Å². The number of ether oxygens (including phenoxy) is 2. The lowest BCUT2D eigenvalue weighted by Crippen LogP contribution is -2.71. The van der Waals surface area contributed by atoms with Crippen molar-refractivity contribution in [2.45, 2.75) is 126 Å². The second-order valence-electron chi connectivity index (χ2n) is 19.4. The third-order valence-electron chi connectivity index (χ3n) is 16.8. The highest BCUT2D eigenvalue weighted by atomic mass is 16.5. The van der Waals surface area contributed by atoms with Crippen LogP contribution in [0.15, 0.2) is 23.9 Å². The number of fused-ring (bicyclic) bond motifs is 3. The molecule has 0 aromatic carbocycles. The summed E-state index contributed by atoms with van der Waals surface area (Å²) in [6.45, 7) is 26.3. The Hall–Kier alpha value is -2.23. The summed E-state index contributed by atoms with van der Waals surface area (Å²) in [6, 6.07) is 1.52. The van der Waals surface area contributed by atoms with Crippen LogP contribution in [0.1, 0.15) is 125 Å². The Balaban J connectivity index is 1.49. The van der Waals surface area contributed by atoms with E-state index >= 15 is 0 Å². The van der Waals surface area contributed by atoms with E-state index in [1.165, 1.54) is 5.57 Å². The molecule has 6 rings (SSSR count). The van der Waals surface area contributed by atoms with Crippen molar-refractivity contribution in [2.24, 2.45) is 80.0 Å². The van der Waals surface area contributed by atoms with E-state index in [0.717, 1.165) is 32.1 Å². The molecule has 1 aliphatic heterocycles. The second-order valence-corrected chi connectivity index (χ2v) is 19.4. The molecule has 4 aliphatic carbocycles. The molecule has 9 nitrogen and oxygen atoms in total. The molecule has 1 aromatic rings. The Labute approximate surface area is 300 Å². The molecule has 5 aliphatic rings. The predicted molar refractivity (Wildman–Crippen MR) is 195 cm³/mol. The first-order valence-corrected chi connectivity index (χ1v) is 19.4. The highest BCUT2D eigenvalue weighted by Crippen LogP contribution is 2.76. The van der Waals surface area contributed by atoms with Crippen LogP contribution >= 0.6 is 0 Å². The van der Waals surface area contributed by atoms with Gasteiger partial charge in [-0.2, -0.15) is 5.10 Å². The summed E-state index contributed by atoms with van der Waals surface area (Å²) in [6.07, 6.45) is 8.83. The fourth-order valence-corrected chi connectivity index (χ4v) is 12.7. The van der Waals surface area contributed by atoms with Gasteiger partial charge in [-0.15, -0.1) is 0 Å². The summed E-state index contributed by atoms with van der Waals surface area (Å²) >= 11 is 0. The van der Waals surface area contributed by atoms with Crippen molar-refractivity contribution < 1.29 is 24.2 Å². The Bertz CT molecular complexity index is 1530. The number of carboxylic acid groups (broad SMARTS) is 1. The summed E-state index contributed by atoms with van der Waals surface area (Å²) in [7, 11) is 0. The lowest BCUT2D eigenvalue weighted by atomic mass is 9.33. The first kappa shape index (κ1) is 37.5. The molecule has 1 aromatic heterocycles. The van der Waals surface area contributed by atoms with Crippen LogP contribution in [0, 0.1) is 68.5 Å². The number of nitrogens with two attached hydrogens (primary N) is 2. The number of carbonyl (C=O) groups excluding carboxylic acids is 1. The molecule has 280 valence electrons. The van der Waals surface area contributed by atoms with E-state index in [0.29, 0.717) is 37.6 Å². The molecule has 3 saturated carbocycles. The van der Waals surface area contributed by atoms with Crippen LogP contribution < -0.4 is 11.5 Å². The number of rotatable bonds is 9. The zero-order valence-electron chi connectivity index (χ0n) is 32.7. The fourth-order valence-electron chi connectivity index (χ4n) is 12.7. The van der Waals surface area contributed by atoms with Crippen molar-refractivity contribution in [2.75, 3.05) is 19.8 Å². The number of primary amides is 1. The van der Waals surface area contributed by atoms with Gasteiger partial charge >= 0.3 is 5.97 Å². The van der Waals surface area contributed by atoms with Crippen molar-refractivity contribution in [3.05, 3.63) is 29.6 Å². The highest BCUT2D eigenvalue weighted by molar-refractivity contribution is 5.90. The molecule has 1 saturated heterocycles. The Morgan fingerprint density at radius 1 is 1.10 bits per heavy atom. The van der Waals surface area contributed by atoms with Gasteiger partial charge in [-0.25, -0.2) is 0 Å². The molecule has 0 unspecified atom stereocenters. The average Bonchev–Trinajstić information content (AvgIpc) is 3.52. The largest absolute Gasteiger partial charge is 0.481 e. The van der Waals surface area contributed by atoms with Gasteiger partial charge in [0.15, 0.2) is 0 Å². The monoisotopic (exact) mass is 695 g/mol. The number of aromatic nitrogens is 2. The van der Waals surface area contributed by atoms with Crippen molar-refractivity contribution in [1.82, 2.24) is 9.78 Å². The minimum Gasteiger partial charge on any atom is -0.481 e. The normalized spacial score (nSPS) is 44.4. The molecule has 13 atom stereocenters. The molecular weight excluding hydrogens is 628 g/mol. The molecular formula is C41H66N4O5. The van der Waals surface area contributed by atoms with Crippen LogP contribution in [0.3, 0.4) is 0 Å². The van der Waals surface area contributed by atoms with Crippen molar-refractivity contribution in [1.29, 1.82) is 0 Å². The van der Waals surface area contributed by atoms with Crippen molar-refractivity contribution in [3.63, 3.8) is 0 Å². The maximum absolute atomic E-state index is 13.5. The predicted octanol–water partition coefficient (Wildman–Crippen LogP) is 7.12. The second kappa shape index (κ2) is 12.2. The van der Waals surface area contributed by atoms with E-state index in [9.17, 15) is 14.7 Å². The minimum atomic E-state index is -0.644. The molecule has 2 bridgehead atoms. The number of carboxylic acids is 1. The number of hydrogen-bond donors (Lipinski definition) is 3. The van der Waals surface area contributed by atoms with Crippen LogP contribution in [0.5, 0.6) is 0 Å². The van der Waals surface area contributed by atoms with E-state index in [-0.39, 0.29) is 57.3 Å². The maximum atomic E-state index is 13.5. The van der Waals surface area contributed by atoms with E-state index in [4.69, 9.17) is 26.0 Å². The summed E-state index contributed by atoms with van der Waals surface area (Å²) < 4.78 is 15.7. The Kier molecular flexibility index (Phi) is 9.12. The van der Waals surface area contributed by atoms with Gasteiger partial charge in [-0.3, -0.25) is 14.3 Å². The van der Waals surface area contributed by atoms with Crippen LogP contribution in [0.2, 0.25) is 0 Å². The zero-order chi connectivity index (χ0) is 37.0. The quantitative estimate of drug-likeness (QED) is 0.234. The molecule has 9 heteroatoms. The number of allylic oxidation sites excluding steroid dienone is 1. The molecule has 0 spiro atoms. The van der Waals surface area contributed by atoms with Gasteiger partial charge in [0.05, 0.1) is 37.9 Å². The fraction of sp³-hybridized carbons (Fsp3) is 0.829. The molecule has 1 amide bonds. The Morgan fingerprint density at radius 3 is 2.36 bits per heavy atom. The van der Waals surface area contributed by atoms with Gasteiger partial charge in [0.25, 0.3) is 5.91 Å². The van der Waals surface area contributed by atoms with Gasteiger partial charge in [-0.1, -0.05) is 80.9 Å². The van der Waals surface area contributed by atoms with E-state index in [1.807, 2.05) is 10.9 Å². The number of carbonyl (C=O) groups is 2. The molecule has 4 fully saturated rings. The van der Waals surface area contributed by atoms with E-state index in [1.54, 1.807) is 6.07 Å². The molecule has 50 heavy (non-hydrogen) atoms. The number of aliphatic carboxylic acids is 1. The summed E-state index contributed by atoms with van der Waals surface area (Å²) in [4.78, 5) is 25.8. The summed E-state index contributed by atoms with van der Waals surface area (Å²) in [5, 5.41) is 15.9. The van der Waals surface area contributed by atoms with Crippen molar-refractivity contribution in [3.8, 4) is 0 Å². The number of nitrogens with zero attached hydrogens (tertiary/aromatic N) is 2. The van der Waals surface area contributed by atoms with Crippen molar-refractivity contribution >= 4 is 11.9 Å². The topological polar surface area (TPSA) is 143 Å². The average molecular weight is 695 g/mol. The van der Waals surface area contributed by atoms with Gasteiger partial charge < -0.3 is 26.0 Å². The van der Waals surface area contributed by atoms with Gasteiger partial charge in [-0.05, 0) is 96.8 Å². The first-order chi connectivity index (χ1) is 23.1. The molecule has 5 N–H and O–H groups in total. The van der Waals surface area contributed by atoms with Gasteiger partial charge in [0.2, 0.25) is 0 Å². The lowest BCUT2D eigenvalue weighted by molar-refractivity contribution is -0.271. The standard InChI is InChI=1S/C41H66N4O5/c1-23(2)25(5)36(7)17-18-38(9)27-12-13-30-37(8)20-49-22-41(30,28(27)14-16-39(38,10)32(36)35(47)48)26(6)31(45-19-15-29(44-45)34(42)46)33(37)50-21-40(11,43)24(3)4/h14-15,19,23-27,30-33H,12-13,16-18,20-22,43H2,1-11H3,(H2,42,46)(H,47,48)/t25-,26-,27+,30+,31-,32-,33+,36-,37+,38-,39+,40+,41-/m1/s1. The minimum absolute atomic E-state index is 0.0432. The third kappa shape index (κ3) is 4.98. The maximum Gasteiger partial charge on any atom is 0.307 e. The van der Waals surface area contributed by atoms with E-state index < -0.39 is 28.7 Å². The number of amides is 1. The molecule has 0 radical (unpaired) electrons. The first-order valence-electron chi connectivity index (χ1n) is 19.4. The Morgan fingerprint density at radius 2 is 1.78 bits per heavy atom. The van der Waals surface area contributed by atoms with Gasteiger partial charge in [0, 0.05) is 22.6 Å². The highest BCUT2D eigenvalue weighted by Gasteiger charge is 2.73. The zero-order valence-corrected chi connectivity index (χ0v) is 32.7. The molecule has 2 heterocycles. The summed E-state index contributed by atoms with van der Waals surface area (Å²) in [5.74, 6) is -0.129. The smallest absolute Gasteiger partial charge is 0.307 e. The number of hydrogen-bond acceptors (Lipinski definition) is 6. The SMILES string of the molecule is CC(C)[C@@H](C)[C@@]1(C)CC[C@]2(C)[C@H]3CC[C@H]4[C@]5(C)COC[C@]4(C3=CC[C@@]2(C)[C@@H]1C(=O)O)[C@H](C)[C@@H](n1ccc(C(N)=O)n1)[C@@H]5OC[C@](C)(N)C(C)C. The summed E-state index contributed by atoms with van der Waals surface area (Å²) in [5.41, 5.74) is 12.2. The third-order valence-corrected chi connectivity index (χ3v) is 16.8. The van der Waals surface area contributed by atoms with Crippen LogP contribution in [0.4, 0.5) is 0 Å². The van der Waals surface area contributed by atoms with E-state index in [2.05, 4.69) is 82.2 Å². The lowest BCUT2D eigenvalue weighted by Gasteiger charge is -2.72. The van der Waals surface area contributed by atoms with Crippen LogP contribution in [0.25, 0.3) is 0 Å². The van der Waals surface area contributed by atoms with Crippen LogP contribution in [-0.2, 0) is 14.3 Å². The van der Waals surface area contributed by atoms with Gasteiger partial charge in [0.1, 0.15) is 5.69 Å².